The Bertz CT molecular complexity index is 524. The first-order chi connectivity index (χ1) is 8.06. The maximum Gasteiger partial charge on any atom is 0.183 e. The molecular formula is C10H7ClF2N2OS. The highest BCUT2D eigenvalue weighted by molar-refractivity contribution is 7.15. The van der Waals surface area contributed by atoms with Gasteiger partial charge in [-0.3, -0.25) is 0 Å². The van der Waals surface area contributed by atoms with Crippen LogP contribution in [0.15, 0.2) is 18.3 Å². The number of anilines is 1. The number of halogens is 3. The number of phenolic OH excluding ortho intramolecular Hbond substituents is 1. The molecule has 0 saturated carbocycles. The van der Waals surface area contributed by atoms with Crippen molar-refractivity contribution in [3.8, 4) is 5.75 Å². The van der Waals surface area contributed by atoms with E-state index in [1.54, 1.807) is 0 Å². The second-order valence-corrected chi connectivity index (χ2v) is 4.91. The molecule has 90 valence electrons. The second kappa shape index (κ2) is 4.85. The molecule has 2 rings (SSSR count). The smallest absolute Gasteiger partial charge is 0.183 e. The quantitative estimate of drug-likeness (QED) is 0.845. The summed E-state index contributed by atoms with van der Waals surface area (Å²) in [6, 6.07) is 1.68. The molecule has 17 heavy (non-hydrogen) atoms. The van der Waals surface area contributed by atoms with Gasteiger partial charge in [-0.05, 0) is 0 Å². The molecule has 0 unspecified atom stereocenters. The van der Waals surface area contributed by atoms with Gasteiger partial charge in [0.2, 0.25) is 0 Å². The van der Waals surface area contributed by atoms with E-state index in [9.17, 15) is 8.78 Å². The van der Waals surface area contributed by atoms with Crippen LogP contribution >= 0.6 is 22.9 Å². The molecule has 0 spiro atoms. The van der Waals surface area contributed by atoms with E-state index in [1.165, 1.54) is 17.5 Å². The molecule has 0 bridgehead atoms. The number of benzene rings is 1. The van der Waals surface area contributed by atoms with E-state index in [-0.39, 0.29) is 12.2 Å². The van der Waals surface area contributed by atoms with E-state index in [4.69, 9.17) is 16.7 Å². The van der Waals surface area contributed by atoms with Crippen molar-refractivity contribution in [3.63, 3.8) is 0 Å². The average molecular weight is 277 g/mol. The number of nitrogens with one attached hydrogen (secondary N) is 1. The van der Waals surface area contributed by atoms with E-state index < -0.39 is 17.4 Å². The number of aromatic nitrogens is 1. The van der Waals surface area contributed by atoms with Gasteiger partial charge in [0.25, 0.3) is 0 Å². The van der Waals surface area contributed by atoms with Crippen LogP contribution in [0.2, 0.25) is 4.47 Å². The van der Waals surface area contributed by atoms with Gasteiger partial charge in [0.15, 0.2) is 16.1 Å². The lowest BCUT2D eigenvalue weighted by Crippen LogP contribution is -2.02. The van der Waals surface area contributed by atoms with Crippen molar-refractivity contribution in [1.82, 2.24) is 4.98 Å². The van der Waals surface area contributed by atoms with Crippen molar-refractivity contribution in [3.05, 3.63) is 39.3 Å². The Hall–Kier alpha value is -1.40. The normalized spacial score (nSPS) is 10.5. The molecule has 3 nitrogen and oxygen atoms in total. The Morgan fingerprint density at radius 2 is 2.00 bits per heavy atom. The zero-order valence-corrected chi connectivity index (χ0v) is 9.95. The summed E-state index contributed by atoms with van der Waals surface area (Å²) < 4.78 is 27.0. The first-order valence-corrected chi connectivity index (χ1v) is 5.78. The highest BCUT2D eigenvalue weighted by Crippen LogP contribution is 2.25. The minimum absolute atomic E-state index is 0.211. The topological polar surface area (TPSA) is 45.1 Å². The van der Waals surface area contributed by atoms with Crippen molar-refractivity contribution in [2.24, 2.45) is 0 Å². The summed E-state index contributed by atoms with van der Waals surface area (Å²) in [5.41, 5.74) is -0.285. The first-order valence-electron chi connectivity index (χ1n) is 4.58. The van der Waals surface area contributed by atoms with Crippen LogP contribution in [-0.4, -0.2) is 10.1 Å². The molecule has 0 saturated heterocycles. The Morgan fingerprint density at radius 1 is 1.35 bits per heavy atom. The molecule has 2 aromatic rings. The highest BCUT2D eigenvalue weighted by atomic mass is 35.5. The van der Waals surface area contributed by atoms with E-state index in [1.807, 2.05) is 0 Å². The Morgan fingerprint density at radius 3 is 2.53 bits per heavy atom. The SMILES string of the molecule is Oc1cc(F)c(NCc2cnc(Cl)s2)c(F)c1. The molecule has 0 fully saturated rings. The predicted molar refractivity (Wildman–Crippen MR) is 62.5 cm³/mol. The highest BCUT2D eigenvalue weighted by Gasteiger charge is 2.11. The van der Waals surface area contributed by atoms with Gasteiger partial charge in [-0.25, -0.2) is 13.8 Å². The minimum Gasteiger partial charge on any atom is -0.508 e. The van der Waals surface area contributed by atoms with Gasteiger partial charge in [0.1, 0.15) is 11.4 Å². The molecule has 0 aliphatic heterocycles. The molecule has 1 heterocycles. The summed E-state index contributed by atoms with van der Waals surface area (Å²) in [7, 11) is 0. The molecule has 0 amide bonds. The van der Waals surface area contributed by atoms with Gasteiger partial charge in [-0.2, -0.15) is 0 Å². The lowest BCUT2D eigenvalue weighted by Gasteiger charge is -2.07. The largest absolute Gasteiger partial charge is 0.508 e. The maximum absolute atomic E-state index is 13.3. The lowest BCUT2D eigenvalue weighted by molar-refractivity contribution is 0.461. The van der Waals surface area contributed by atoms with Crippen LogP contribution in [0.4, 0.5) is 14.5 Å². The molecule has 0 atom stereocenters. The monoisotopic (exact) mass is 276 g/mol. The van der Waals surface area contributed by atoms with Crippen LogP contribution in [0.3, 0.4) is 0 Å². The standard InChI is InChI=1S/C10H7ClF2N2OS/c11-10-15-4-6(17-10)3-14-9-7(12)1-5(16)2-8(9)13/h1-2,4,14,16H,3H2. The molecule has 0 aliphatic carbocycles. The summed E-state index contributed by atoms with van der Waals surface area (Å²) in [6.45, 7) is 0.211. The molecule has 1 aromatic carbocycles. The first kappa shape index (κ1) is 12.1. The van der Waals surface area contributed by atoms with E-state index in [0.717, 1.165) is 17.0 Å². The fraction of sp³-hybridized carbons (Fsp3) is 0.100. The van der Waals surface area contributed by atoms with Gasteiger partial charge < -0.3 is 10.4 Å². The van der Waals surface area contributed by atoms with Crippen molar-refractivity contribution in [2.75, 3.05) is 5.32 Å². The van der Waals surface area contributed by atoms with E-state index in [2.05, 4.69) is 10.3 Å². The van der Waals surface area contributed by atoms with Crippen molar-refractivity contribution < 1.29 is 13.9 Å². The summed E-state index contributed by atoms with van der Waals surface area (Å²) in [5.74, 6) is -2.15. The number of phenols is 1. The predicted octanol–water partition coefficient (Wildman–Crippen LogP) is 3.39. The number of hydrogen-bond acceptors (Lipinski definition) is 4. The Labute approximate surface area is 105 Å². The summed E-state index contributed by atoms with van der Waals surface area (Å²) in [4.78, 5) is 4.56. The summed E-state index contributed by atoms with van der Waals surface area (Å²) >= 11 is 6.84. The maximum atomic E-state index is 13.3. The van der Waals surface area contributed by atoms with Crippen molar-refractivity contribution in [2.45, 2.75) is 6.54 Å². The molecule has 0 aliphatic rings. The fourth-order valence-electron chi connectivity index (χ4n) is 1.27. The van der Waals surface area contributed by atoms with Crippen molar-refractivity contribution >= 4 is 28.6 Å². The van der Waals surface area contributed by atoms with E-state index in [0.29, 0.717) is 4.47 Å². The number of rotatable bonds is 3. The number of aromatic hydroxyl groups is 1. The second-order valence-electron chi connectivity index (χ2n) is 3.22. The van der Waals surface area contributed by atoms with Crippen LogP contribution in [0.1, 0.15) is 4.88 Å². The molecule has 7 heteroatoms. The molecule has 2 N–H and O–H groups in total. The van der Waals surface area contributed by atoms with Crippen LogP contribution in [0.5, 0.6) is 5.75 Å². The van der Waals surface area contributed by atoms with Gasteiger partial charge in [0.05, 0.1) is 6.54 Å². The Kier molecular flexibility index (Phi) is 3.44. The van der Waals surface area contributed by atoms with Crippen LogP contribution in [0.25, 0.3) is 0 Å². The number of hydrogen-bond donors (Lipinski definition) is 2. The zero-order chi connectivity index (χ0) is 12.4. The van der Waals surface area contributed by atoms with Gasteiger partial charge in [0, 0.05) is 23.2 Å². The van der Waals surface area contributed by atoms with Gasteiger partial charge in [-0.1, -0.05) is 11.6 Å². The van der Waals surface area contributed by atoms with Crippen LogP contribution in [0, 0.1) is 11.6 Å². The molecule has 1 aromatic heterocycles. The fourth-order valence-corrected chi connectivity index (χ4v) is 2.19. The third kappa shape index (κ3) is 2.83. The Balaban J connectivity index is 2.14. The third-order valence-electron chi connectivity index (χ3n) is 1.99. The van der Waals surface area contributed by atoms with Crippen LogP contribution < -0.4 is 5.32 Å². The molecule has 0 radical (unpaired) electrons. The van der Waals surface area contributed by atoms with Gasteiger partial charge in [-0.15, -0.1) is 11.3 Å². The van der Waals surface area contributed by atoms with Gasteiger partial charge >= 0.3 is 0 Å². The number of thiazole rings is 1. The zero-order valence-electron chi connectivity index (χ0n) is 8.38. The average Bonchev–Trinajstić information content (AvgIpc) is 2.62. The number of nitrogens with zero attached hydrogens (tertiary/aromatic N) is 1. The lowest BCUT2D eigenvalue weighted by atomic mass is 10.2. The minimum atomic E-state index is -0.849. The van der Waals surface area contributed by atoms with E-state index >= 15 is 0 Å². The molecular weight excluding hydrogens is 270 g/mol. The third-order valence-corrected chi connectivity index (χ3v) is 3.11. The summed E-state index contributed by atoms with van der Waals surface area (Å²) in [5, 5.41) is 11.6. The van der Waals surface area contributed by atoms with Crippen molar-refractivity contribution in [1.29, 1.82) is 0 Å². The summed E-state index contributed by atoms with van der Waals surface area (Å²) in [6.07, 6.45) is 1.52. The van der Waals surface area contributed by atoms with Crippen LogP contribution in [-0.2, 0) is 6.54 Å².